The summed E-state index contributed by atoms with van der Waals surface area (Å²) < 4.78 is 37.3. The SMILES string of the molecule is C[C@H](O)C[C@@H](Sc1nccc(C(F)(F)F)n1)C(=O)O. The lowest BCUT2D eigenvalue weighted by atomic mass is 10.2. The van der Waals surface area contributed by atoms with Crippen LogP contribution in [0.3, 0.4) is 0 Å². The van der Waals surface area contributed by atoms with Gasteiger partial charge in [-0.05, 0) is 19.4 Å². The molecule has 0 saturated carbocycles. The number of aliphatic carboxylic acids is 1. The number of hydrogen-bond acceptors (Lipinski definition) is 5. The van der Waals surface area contributed by atoms with E-state index in [-0.39, 0.29) is 11.6 Å². The van der Waals surface area contributed by atoms with Gasteiger partial charge >= 0.3 is 12.1 Å². The van der Waals surface area contributed by atoms with Crippen molar-refractivity contribution in [3.05, 3.63) is 18.0 Å². The number of aromatic nitrogens is 2. The Morgan fingerprint density at radius 2 is 2.16 bits per heavy atom. The lowest BCUT2D eigenvalue weighted by Crippen LogP contribution is -2.22. The van der Waals surface area contributed by atoms with Crippen LogP contribution in [0.2, 0.25) is 0 Å². The van der Waals surface area contributed by atoms with Crippen molar-refractivity contribution in [1.82, 2.24) is 9.97 Å². The summed E-state index contributed by atoms with van der Waals surface area (Å²) in [6.45, 7) is 1.39. The molecule has 0 aliphatic rings. The Balaban J connectivity index is 2.88. The smallest absolute Gasteiger partial charge is 0.433 e. The number of alkyl halides is 3. The second-order valence-electron chi connectivity index (χ2n) is 3.75. The number of aliphatic hydroxyl groups excluding tert-OH is 1. The van der Waals surface area contributed by atoms with E-state index in [1.54, 1.807) is 0 Å². The molecule has 0 saturated heterocycles. The van der Waals surface area contributed by atoms with Gasteiger partial charge in [-0.25, -0.2) is 9.97 Å². The van der Waals surface area contributed by atoms with Crippen LogP contribution in [-0.4, -0.2) is 37.5 Å². The van der Waals surface area contributed by atoms with Gasteiger partial charge in [-0.1, -0.05) is 11.8 Å². The van der Waals surface area contributed by atoms with Crippen LogP contribution < -0.4 is 0 Å². The Hall–Kier alpha value is -1.35. The van der Waals surface area contributed by atoms with Gasteiger partial charge in [0, 0.05) is 6.20 Å². The third-order valence-electron chi connectivity index (χ3n) is 2.00. The van der Waals surface area contributed by atoms with E-state index >= 15 is 0 Å². The summed E-state index contributed by atoms with van der Waals surface area (Å²) in [6, 6.07) is 0.703. The zero-order valence-corrected chi connectivity index (χ0v) is 10.6. The monoisotopic (exact) mass is 296 g/mol. The van der Waals surface area contributed by atoms with Crippen molar-refractivity contribution < 1.29 is 28.2 Å². The van der Waals surface area contributed by atoms with Gasteiger partial charge in [-0.2, -0.15) is 13.2 Å². The van der Waals surface area contributed by atoms with Crippen molar-refractivity contribution in [2.75, 3.05) is 0 Å². The molecule has 0 aliphatic heterocycles. The highest BCUT2D eigenvalue weighted by atomic mass is 32.2. The first-order valence-corrected chi connectivity index (χ1v) is 6.06. The van der Waals surface area contributed by atoms with Crippen LogP contribution in [0.5, 0.6) is 0 Å². The molecule has 9 heteroatoms. The molecule has 0 bridgehead atoms. The number of halogens is 3. The van der Waals surface area contributed by atoms with Gasteiger partial charge in [0.15, 0.2) is 5.16 Å². The van der Waals surface area contributed by atoms with E-state index in [1.807, 2.05) is 0 Å². The topological polar surface area (TPSA) is 83.3 Å². The molecule has 19 heavy (non-hydrogen) atoms. The van der Waals surface area contributed by atoms with Crippen molar-refractivity contribution in [2.24, 2.45) is 0 Å². The average Bonchev–Trinajstić information content (AvgIpc) is 2.26. The molecule has 106 valence electrons. The number of aliphatic hydroxyl groups is 1. The molecule has 0 fully saturated rings. The maximum Gasteiger partial charge on any atom is 0.433 e. The second kappa shape index (κ2) is 6.20. The Kier molecular flexibility index (Phi) is 5.12. The molecule has 0 unspecified atom stereocenters. The lowest BCUT2D eigenvalue weighted by Gasteiger charge is -2.13. The zero-order valence-electron chi connectivity index (χ0n) is 9.76. The molecule has 0 spiro atoms. The van der Waals surface area contributed by atoms with E-state index < -0.39 is 29.2 Å². The van der Waals surface area contributed by atoms with Gasteiger partial charge in [0.2, 0.25) is 0 Å². The van der Waals surface area contributed by atoms with E-state index in [2.05, 4.69) is 9.97 Å². The Bertz CT molecular complexity index is 454. The Morgan fingerprint density at radius 3 is 2.63 bits per heavy atom. The van der Waals surface area contributed by atoms with Crippen molar-refractivity contribution in [2.45, 2.75) is 36.0 Å². The first kappa shape index (κ1) is 15.7. The number of thioether (sulfide) groups is 1. The number of rotatable bonds is 5. The van der Waals surface area contributed by atoms with Crippen LogP contribution in [0.1, 0.15) is 19.0 Å². The fraction of sp³-hybridized carbons (Fsp3) is 0.500. The number of hydrogen-bond donors (Lipinski definition) is 2. The maximum atomic E-state index is 12.4. The van der Waals surface area contributed by atoms with Gasteiger partial charge < -0.3 is 10.2 Å². The van der Waals surface area contributed by atoms with E-state index in [4.69, 9.17) is 10.2 Å². The van der Waals surface area contributed by atoms with Crippen LogP contribution in [0.4, 0.5) is 13.2 Å². The largest absolute Gasteiger partial charge is 0.480 e. The molecule has 1 rings (SSSR count). The van der Waals surface area contributed by atoms with E-state index in [1.165, 1.54) is 6.92 Å². The molecule has 0 aliphatic carbocycles. The fourth-order valence-electron chi connectivity index (χ4n) is 1.19. The minimum atomic E-state index is -4.61. The molecular formula is C10H11F3N2O3S. The normalized spacial score (nSPS) is 15.0. The Morgan fingerprint density at radius 1 is 1.53 bits per heavy atom. The van der Waals surface area contributed by atoms with Crippen molar-refractivity contribution >= 4 is 17.7 Å². The molecule has 5 nitrogen and oxygen atoms in total. The third kappa shape index (κ3) is 5.03. The molecule has 0 aromatic carbocycles. The molecule has 0 amide bonds. The number of nitrogens with zero attached hydrogens (tertiary/aromatic N) is 2. The highest BCUT2D eigenvalue weighted by Gasteiger charge is 2.33. The summed E-state index contributed by atoms with van der Waals surface area (Å²) in [6.07, 6.45) is -4.69. The number of carboxylic acid groups (broad SMARTS) is 1. The summed E-state index contributed by atoms with van der Waals surface area (Å²) >= 11 is 0.574. The first-order chi connectivity index (χ1) is 8.70. The van der Waals surface area contributed by atoms with Crippen molar-refractivity contribution in [3.8, 4) is 0 Å². The van der Waals surface area contributed by atoms with Crippen molar-refractivity contribution in [1.29, 1.82) is 0 Å². The predicted molar refractivity (Wildman–Crippen MR) is 60.6 cm³/mol. The predicted octanol–water partition coefficient (Wildman–Crippen LogP) is 1.81. The lowest BCUT2D eigenvalue weighted by molar-refractivity contribution is -0.141. The number of carbonyl (C=O) groups is 1. The van der Waals surface area contributed by atoms with Crippen LogP contribution in [0, 0.1) is 0 Å². The minimum Gasteiger partial charge on any atom is -0.480 e. The van der Waals surface area contributed by atoms with Gasteiger partial charge in [-0.15, -0.1) is 0 Å². The zero-order chi connectivity index (χ0) is 14.6. The molecule has 1 heterocycles. The summed E-state index contributed by atoms with van der Waals surface area (Å²) in [5, 5.41) is 16.6. The second-order valence-corrected chi connectivity index (χ2v) is 4.92. The van der Waals surface area contributed by atoms with Gasteiger partial charge in [-0.3, -0.25) is 4.79 Å². The average molecular weight is 296 g/mol. The van der Waals surface area contributed by atoms with E-state index in [0.717, 1.165) is 6.20 Å². The highest BCUT2D eigenvalue weighted by molar-refractivity contribution is 8.00. The maximum absolute atomic E-state index is 12.4. The van der Waals surface area contributed by atoms with Crippen LogP contribution in [-0.2, 0) is 11.0 Å². The van der Waals surface area contributed by atoms with Gasteiger partial charge in [0.05, 0.1) is 6.10 Å². The van der Waals surface area contributed by atoms with Crippen LogP contribution >= 0.6 is 11.8 Å². The summed E-state index contributed by atoms with van der Waals surface area (Å²) in [5.41, 5.74) is -1.13. The molecule has 1 aromatic heterocycles. The van der Waals surface area contributed by atoms with Gasteiger partial charge in [0.1, 0.15) is 10.9 Å². The Labute approximate surface area is 110 Å². The van der Waals surface area contributed by atoms with E-state index in [9.17, 15) is 18.0 Å². The fourth-order valence-corrected chi connectivity index (χ4v) is 2.19. The highest BCUT2D eigenvalue weighted by Crippen LogP contribution is 2.30. The molecule has 2 N–H and O–H groups in total. The molecule has 0 radical (unpaired) electrons. The summed E-state index contributed by atoms with van der Waals surface area (Å²) in [7, 11) is 0. The molecular weight excluding hydrogens is 285 g/mol. The van der Waals surface area contributed by atoms with Crippen molar-refractivity contribution in [3.63, 3.8) is 0 Å². The van der Waals surface area contributed by atoms with Gasteiger partial charge in [0.25, 0.3) is 0 Å². The molecule has 2 atom stereocenters. The standard InChI is InChI=1S/C10H11F3N2O3S/c1-5(16)4-6(8(17)18)19-9-14-3-2-7(15-9)10(11,12)13/h2-3,5-6,16H,4H2,1H3,(H,17,18)/t5-,6+/m0/s1. The molecule has 1 aromatic rings. The van der Waals surface area contributed by atoms with Crippen LogP contribution in [0.15, 0.2) is 17.4 Å². The quantitative estimate of drug-likeness (QED) is 0.637. The summed E-state index contributed by atoms with van der Waals surface area (Å²) in [5.74, 6) is -1.24. The minimum absolute atomic E-state index is 0.112. The van der Waals surface area contributed by atoms with E-state index in [0.29, 0.717) is 17.8 Å². The summed E-state index contributed by atoms with van der Waals surface area (Å²) in [4.78, 5) is 17.8. The third-order valence-corrected chi connectivity index (χ3v) is 3.09. The van der Waals surface area contributed by atoms with Crippen LogP contribution in [0.25, 0.3) is 0 Å². The first-order valence-electron chi connectivity index (χ1n) is 5.18. The number of carboxylic acids is 1.